The van der Waals surface area contributed by atoms with Gasteiger partial charge in [0, 0.05) is 43.2 Å². The molecular weight excluding hydrogens is 454 g/mol. The van der Waals surface area contributed by atoms with E-state index in [1.54, 1.807) is 11.6 Å². The fraction of sp³-hybridized carbons (Fsp3) is 0.643. The van der Waals surface area contributed by atoms with E-state index in [2.05, 4.69) is 51.2 Å². The summed E-state index contributed by atoms with van der Waals surface area (Å²) in [4.78, 5) is 31.2. The molecule has 1 saturated carbocycles. The monoisotopic (exact) mass is 493 g/mol. The number of rotatable bonds is 4. The number of amides is 1. The molecule has 3 aromatic heterocycles. The molecule has 3 heterocycles. The number of nitrogens with zero attached hydrogens (tertiary/aromatic N) is 4. The first-order valence-electron chi connectivity index (χ1n) is 13.3. The molecule has 1 fully saturated rings. The number of carbonyl (C=O) groups is 1. The molecule has 36 heavy (non-hydrogen) atoms. The van der Waals surface area contributed by atoms with Gasteiger partial charge in [-0.2, -0.15) is 0 Å². The predicted octanol–water partition coefficient (Wildman–Crippen LogP) is 4.74. The lowest BCUT2D eigenvalue weighted by Crippen LogP contribution is -2.48. The van der Waals surface area contributed by atoms with Gasteiger partial charge in [-0.15, -0.1) is 0 Å². The van der Waals surface area contributed by atoms with Crippen LogP contribution in [-0.4, -0.2) is 31.2 Å². The molecule has 2 aliphatic carbocycles. The third-order valence-electron chi connectivity index (χ3n) is 8.12. The number of carbonyl (C=O) groups excluding carboxylic acids is 1. The fourth-order valence-electron chi connectivity index (χ4n) is 5.90. The fourth-order valence-corrected chi connectivity index (χ4v) is 5.90. The first-order chi connectivity index (χ1) is 16.9. The van der Waals surface area contributed by atoms with Crippen LogP contribution in [0, 0.1) is 10.8 Å². The van der Waals surface area contributed by atoms with Gasteiger partial charge in [-0.25, -0.2) is 9.78 Å². The Morgan fingerprint density at radius 3 is 2.72 bits per heavy atom. The zero-order valence-electron chi connectivity index (χ0n) is 22.5. The van der Waals surface area contributed by atoms with Gasteiger partial charge in [0.15, 0.2) is 11.3 Å². The maximum absolute atomic E-state index is 13.3. The first kappa shape index (κ1) is 24.8. The normalized spacial score (nSPS) is 21.9. The van der Waals surface area contributed by atoms with Gasteiger partial charge >= 0.3 is 5.69 Å². The van der Waals surface area contributed by atoms with Gasteiger partial charge in [0.25, 0.3) is 5.91 Å². The van der Waals surface area contributed by atoms with Crippen LogP contribution < -0.4 is 11.0 Å². The van der Waals surface area contributed by atoms with Crippen molar-refractivity contribution in [3.05, 3.63) is 45.3 Å². The molecule has 5 rings (SSSR count). The Kier molecular flexibility index (Phi) is 6.12. The second-order valence-corrected chi connectivity index (χ2v) is 12.7. The lowest BCUT2D eigenvalue weighted by atomic mass is 9.68. The highest BCUT2D eigenvalue weighted by Crippen LogP contribution is 2.43. The third-order valence-corrected chi connectivity index (χ3v) is 8.12. The van der Waals surface area contributed by atoms with Crippen LogP contribution >= 0.6 is 0 Å². The van der Waals surface area contributed by atoms with Crippen LogP contribution in [0.2, 0.25) is 0 Å². The number of fused-ring (bicyclic) bond motifs is 2. The highest BCUT2D eigenvalue weighted by molar-refractivity contribution is 5.94. The summed E-state index contributed by atoms with van der Waals surface area (Å²) >= 11 is 0. The molecule has 8 heteroatoms. The molecule has 2 aliphatic rings. The van der Waals surface area contributed by atoms with Gasteiger partial charge in [0.1, 0.15) is 5.76 Å². The Balaban J connectivity index is 1.39. The van der Waals surface area contributed by atoms with E-state index in [4.69, 9.17) is 9.51 Å². The summed E-state index contributed by atoms with van der Waals surface area (Å²) in [7, 11) is 1.80. The van der Waals surface area contributed by atoms with Crippen molar-refractivity contribution in [2.24, 2.45) is 17.9 Å². The SMILES string of the molecule is Cn1c(=O)n(CC(C)(C)C)c2ccc(C3CCC(C)(C)C(NC(=O)c4noc5c4CCCC5)C3)nc21. The van der Waals surface area contributed by atoms with Gasteiger partial charge in [0.05, 0.1) is 5.52 Å². The summed E-state index contributed by atoms with van der Waals surface area (Å²) in [6, 6.07) is 4.10. The van der Waals surface area contributed by atoms with Crippen molar-refractivity contribution in [1.82, 2.24) is 24.6 Å². The van der Waals surface area contributed by atoms with Crippen molar-refractivity contribution >= 4 is 17.1 Å². The predicted molar refractivity (Wildman–Crippen MR) is 139 cm³/mol. The maximum atomic E-state index is 13.3. The molecule has 194 valence electrons. The number of pyridine rings is 1. The molecule has 1 amide bonds. The van der Waals surface area contributed by atoms with Crippen molar-refractivity contribution in [1.29, 1.82) is 0 Å². The Morgan fingerprint density at radius 2 is 1.97 bits per heavy atom. The van der Waals surface area contributed by atoms with Gasteiger partial charge in [-0.05, 0) is 61.5 Å². The zero-order chi connectivity index (χ0) is 25.8. The Labute approximate surface area is 212 Å². The van der Waals surface area contributed by atoms with E-state index < -0.39 is 0 Å². The molecule has 0 saturated heterocycles. The van der Waals surface area contributed by atoms with E-state index in [9.17, 15) is 9.59 Å². The minimum absolute atomic E-state index is 0.00787. The summed E-state index contributed by atoms with van der Waals surface area (Å²) < 4.78 is 8.97. The van der Waals surface area contributed by atoms with Crippen LogP contribution in [0.4, 0.5) is 0 Å². The molecule has 2 unspecified atom stereocenters. The molecule has 0 radical (unpaired) electrons. The van der Waals surface area contributed by atoms with Crippen molar-refractivity contribution in [3.63, 3.8) is 0 Å². The first-order valence-corrected chi connectivity index (χ1v) is 13.3. The number of nitrogens with one attached hydrogen (secondary N) is 1. The average Bonchev–Trinajstić information content (AvgIpc) is 3.35. The second kappa shape index (κ2) is 8.89. The van der Waals surface area contributed by atoms with E-state index in [0.717, 1.165) is 73.1 Å². The van der Waals surface area contributed by atoms with Crippen molar-refractivity contribution in [2.75, 3.05) is 0 Å². The summed E-state index contributed by atoms with van der Waals surface area (Å²) in [5.41, 5.74) is 3.94. The molecule has 1 N–H and O–H groups in total. The number of imidazole rings is 1. The zero-order valence-corrected chi connectivity index (χ0v) is 22.5. The van der Waals surface area contributed by atoms with Gasteiger partial charge in [0.2, 0.25) is 0 Å². The molecule has 3 aromatic rings. The summed E-state index contributed by atoms with van der Waals surface area (Å²) in [6.07, 6.45) is 6.64. The van der Waals surface area contributed by atoms with Crippen molar-refractivity contribution < 1.29 is 9.32 Å². The largest absolute Gasteiger partial charge is 0.360 e. The van der Waals surface area contributed by atoms with Crippen molar-refractivity contribution in [2.45, 2.75) is 98.1 Å². The quantitative estimate of drug-likeness (QED) is 0.566. The highest BCUT2D eigenvalue weighted by Gasteiger charge is 2.39. The van der Waals surface area contributed by atoms with Gasteiger partial charge in [-0.1, -0.05) is 39.8 Å². The topological polar surface area (TPSA) is 95.0 Å². The van der Waals surface area contributed by atoms with Crippen LogP contribution in [-0.2, 0) is 26.4 Å². The van der Waals surface area contributed by atoms with Crippen LogP contribution in [0.3, 0.4) is 0 Å². The minimum atomic E-state index is -0.134. The minimum Gasteiger partial charge on any atom is -0.360 e. The van der Waals surface area contributed by atoms with E-state index >= 15 is 0 Å². The lowest BCUT2D eigenvalue weighted by Gasteiger charge is -2.42. The average molecular weight is 494 g/mol. The maximum Gasteiger partial charge on any atom is 0.330 e. The Hall–Kier alpha value is -2.90. The van der Waals surface area contributed by atoms with E-state index in [0.29, 0.717) is 12.2 Å². The third kappa shape index (κ3) is 4.50. The summed E-state index contributed by atoms with van der Waals surface area (Å²) in [6.45, 7) is 11.5. The van der Waals surface area contributed by atoms with Crippen LogP contribution in [0.5, 0.6) is 0 Å². The Morgan fingerprint density at radius 1 is 1.22 bits per heavy atom. The van der Waals surface area contributed by atoms with Gasteiger partial charge < -0.3 is 9.84 Å². The van der Waals surface area contributed by atoms with E-state index in [1.807, 2.05) is 10.6 Å². The van der Waals surface area contributed by atoms with Crippen LogP contribution in [0.1, 0.15) is 100 Å². The molecule has 0 aliphatic heterocycles. The second-order valence-electron chi connectivity index (χ2n) is 12.7. The standard InChI is InChI=1S/C28H39N5O3/c1-27(2,3)16-33-20-12-11-19(29-24(20)32(6)26(33)35)17-13-14-28(4,5)22(15-17)30-25(34)23-18-9-7-8-10-21(18)36-31-23/h11-12,17,22H,7-10,13-16H2,1-6H3,(H,30,34). The molecular formula is C28H39N5O3. The van der Waals surface area contributed by atoms with Crippen LogP contribution in [0.15, 0.2) is 21.5 Å². The number of hydrogen-bond donors (Lipinski definition) is 1. The molecule has 2 atom stereocenters. The van der Waals surface area contributed by atoms with E-state index in [1.165, 1.54) is 0 Å². The summed E-state index contributed by atoms with van der Waals surface area (Å²) in [5, 5.41) is 7.43. The summed E-state index contributed by atoms with van der Waals surface area (Å²) in [5.74, 6) is 0.944. The highest BCUT2D eigenvalue weighted by atomic mass is 16.5. The molecule has 8 nitrogen and oxygen atoms in total. The molecule has 0 aromatic carbocycles. The number of hydrogen-bond acceptors (Lipinski definition) is 5. The van der Waals surface area contributed by atoms with Gasteiger partial charge in [-0.3, -0.25) is 13.9 Å². The van der Waals surface area contributed by atoms with Crippen molar-refractivity contribution in [3.8, 4) is 0 Å². The molecule has 0 bridgehead atoms. The smallest absolute Gasteiger partial charge is 0.330 e. The number of aryl methyl sites for hydroxylation is 2. The Bertz CT molecular complexity index is 1350. The lowest BCUT2D eigenvalue weighted by molar-refractivity contribution is 0.0827. The number of aromatic nitrogens is 4. The molecule has 0 spiro atoms. The van der Waals surface area contributed by atoms with E-state index in [-0.39, 0.29) is 34.4 Å². The van der Waals surface area contributed by atoms with Crippen LogP contribution in [0.25, 0.3) is 11.2 Å².